The van der Waals surface area contributed by atoms with Crippen LogP contribution >= 0.6 is 11.6 Å². The van der Waals surface area contributed by atoms with Crippen LogP contribution in [0.5, 0.6) is 0 Å². The minimum Gasteiger partial charge on any atom is -0.322 e. The molecule has 0 spiro atoms. The third-order valence-corrected chi connectivity index (χ3v) is 2.88. The van der Waals surface area contributed by atoms with Gasteiger partial charge in [0.15, 0.2) is 0 Å². The molecule has 0 bridgehead atoms. The fraction of sp³-hybridized carbons (Fsp3) is 0. The van der Waals surface area contributed by atoms with Crippen molar-refractivity contribution < 1.29 is 9.59 Å². The maximum atomic E-state index is 12.0. The van der Waals surface area contributed by atoms with Crippen LogP contribution in [0.4, 0.5) is 11.4 Å². The van der Waals surface area contributed by atoms with Crippen LogP contribution in [0.2, 0.25) is 0 Å². The van der Waals surface area contributed by atoms with Crippen molar-refractivity contribution in [2.45, 2.75) is 0 Å². The van der Waals surface area contributed by atoms with Crippen LogP contribution < -0.4 is 5.32 Å². The highest BCUT2D eigenvalue weighted by Gasteiger charge is 2.07. The van der Waals surface area contributed by atoms with E-state index in [0.29, 0.717) is 22.5 Å². The molecule has 0 aliphatic carbocycles. The number of hydrogen-bond donors (Lipinski definition) is 1. The molecule has 0 saturated carbocycles. The Balaban J connectivity index is 2.10. The maximum Gasteiger partial charge on any atom is 0.255 e. The van der Waals surface area contributed by atoms with Crippen LogP contribution in [-0.4, -0.2) is 11.1 Å². The number of amides is 1. The SMILES string of the molecule is [N-]=[N+]=Nc1ccc(C(=O)Nc2ccc(C(=O)Cl)cc2)cc1. The molecule has 104 valence electrons. The van der Waals surface area contributed by atoms with E-state index in [9.17, 15) is 9.59 Å². The predicted octanol–water partition coefficient (Wildman–Crippen LogP) is 4.26. The lowest BCUT2D eigenvalue weighted by Crippen LogP contribution is -2.11. The molecule has 0 aromatic heterocycles. The zero-order chi connectivity index (χ0) is 15.2. The molecule has 1 N–H and O–H groups in total. The van der Waals surface area contributed by atoms with Crippen LogP contribution in [0.1, 0.15) is 20.7 Å². The Morgan fingerprint density at radius 1 is 1.00 bits per heavy atom. The molecule has 2 aromatic carbocycles. The zero-order valence-electron chi connectivity index (χ0n) is 10.7. The zero-order valence-corrected chi connectivity index (χ0v) is 11.4. The van der Waals surface area contributed by atoms with Gasteiger partial charge in [-0.25, -0.2) is 0 Å². The molecule has 0 aliphatic heterocycles. The number of carbonyl (C=O) groups is 2. The molecule has 7 heteroatoms. The first-order valence-corrected chi connectivity index (χ1v) is 6.24. The molecule has 1 amide bonds. The van der Waals surface area contributed by atoms with Crippen molar-refractivity contribution in [3.63, 3.8) is 0 Å². The van der Waals surface area contributed by atoms with Gasteiger partial charge in [0, 0.05) is 27.4 Å². The number of nitrogens with one attached hydrogen (secondary N) is 1. The summed E-state index contributed by atoms with van der Waals surface area (Å²) in [7, 11) is 0. The highest BCUT2D eigenvalue weighted by Crippen LogP contribution is 2.16. The molecule has 0 heterocycles. The fourth-order valence-electron chi connectivity index (χ4n) is 1.62. The van der Waals surface area contributed by atoms with Gasteiger partial charge in [0.1, 0.15) is 0 Å². The van der Waals surface area contributed by atoms with E-state index in [-0.39, 0.29) is 5.91 Å². The summed E-state index contributed by atoms with van der Waals surface area (Å²) in [6.07, 6.45) is 0. The first kappa shape index (κ1) is 14.6. The highest BCUT2D eigenvalue weighted by atomic mass is 35.5. The van der Waals surface area contributed by atoms with Crippen LogP contribution in [0.15, 0.2) is 53.6 Å². The number of hydrogen-bond acceptors (Lipinski definition) is 3. The largest absolute Gasteiger partial charge is 0.322 e. The number of benzene rings is 2. The topological polar surface area (TPSA) is 94.9 Å². The van der Waals surface area contributed by atoms with Gasteiger partial charge in [0.25, 0.3) is 11.1 Å². The Morgan fingerprint density at radius 2 is 1.57 bits per heavy atom. The third-order valence-electron chi connectivity index (χ3n) is 2.66. The molecule has 0 saturated heterocycles. The number of anilines is 1. The quantitative estimate of drug-likeness (QED) is 0.395. The van der Waals surface area contributed by atoms with Crippen molar-refractivity contribution in [2.24, 2.45) is 5.11 Å². The number of rotatable bonds is 4. The van der Waals surface area contributed by atoms with Crippen LogP contribution in [-0.2, 0) is 0 Å². The van der Waals surface area contributed by atoms with Gasteiger partial charge >= 0.3 is 0 Å². The van der Waals surface area contributed by atoms with Gasteiger partial charge in [0.05, 0.1) is 0 Å². The van der Waals surface area contributed by atoms with Crippen LogP contribution in [0.25, 0.3) is 10.4 Å². The van der Waals surface area contributed by atoms with Crippen molar-refractivity contribution in [3.05, 3.63) is 70.1 Å². The number of carbonyl (C=O) groups excluding carboxylic acids is 2. The van der Waals surface area contributed by atoms with E-state index in [1.807, 2.05) is 0 Å². The van der Waals surface area contributed by atoms with Gasteiger partial charge in [0.2, 0.25) is 0 Å². The molecule has 0 unspecified atom stereocenters. The van der Waals surface area contributed by atoms with E-state index in [1.165, 1.54) is 12.1 Å². The van der Waals surface area contributed by atoms with Crippen molar-refractivity contribution in [3.8, 4) is 0 Å². The predicted molar refractivity (Wildman–Crippen MR) is 79.8 cm³/mol. The van der Waals surface area contributed by atoms with E-state index < -0.39 is 5.24 Å². The lowest BCUT2D eigenvalue weighted by molar-refractivity contribution is 0.102. The Hall–Kier alpha value is -2.82. The average molecular weight is 301 g/mol. The Kier molecular flexibility index (Phi) is 4.56. The summed E-state index contributed by atoms with van der Waals surface area (Å²) in [6, 6.07) is 12.4. The van der Waals surface area contributed by atoms with Crippen molar-refractivity contribution in [2.75, 3.05) is 5.32 Å². The van der Waals surface area contributed by atoms with Gasteiger partial charge in [-0.15, -0.1) is 0 Å². The van der Waals surface area contributed by atoms with Crippen molar-refractivity contribution in [1.82, 2.24) is 0 Å². The van der Waals surface area contributed by atoms with E-state index in [1.54, 1.807) is 36.4 Å². The molecule has 0 radical (unpaired) electrons. The van der Waals surface area contributed by atoms with E-state index in [4.69, 9.17) is 17.1 Å². The molecule has 0 aliphatic rings. The second-order valence-electron chi connectivity index (χ2n) is 4.04. The summed E-state index contributed by atoms with van der Waals surface area (Å²) in [6.45, 7) is 0. The lowest BCUT2D eigenvalue weighted by atomic mass is 10.2. The van der Waals surface area contributed by atoms with Gasteiger partial charge < -0.3 is 5.32 Å². The van der Waals surface area contributed by atoms with Crippen LogP contribution in [0.3, 0.4) is 0 Å². The average Bonchev–Trinajstić information content (AvgIpc) is 2.49. The van der Waals surface area contributed by atoms with Crippen molar-refractivity contribution >= 4 is 34.1 Å². The smallest absolute Gasteiger partial charge is 0.255 e. The van der Waals surface area contributed by atoms with E-state index in [0.717, 1.165) is 0 Å². The third kappa shape index (κ3) is 3.82. The molecular weight excluding hydrogens is 292 g/mol. The molecule has 21 heavy (non-hydrogen) atoms. The Morgan fingerprint density at radius 3 is 2.10 bits per heavy atom. The van der Waals surface area contributed by atoms with Gasteiger partial charge in [-0.2, -0.15) is 0 Å². The molecule has 0 fully saturated rings. The molecule has 2 rings (SSSR count). The summed E-state index contributed by atoms with van der Waals surface area (Å²) < 4.78 is 0. The molecule has 6 nitrogen and oxygen atoms in total. The van der Waals surface area contributed by atoms with Gasteiger partial charge in [-0.3, -0.25) is 9.59 Å². The summed E-state index contributed by atoms with van der Waals surface area (Å²) in [4.78, 5) is 25.6. The second-order valence-corrected chi connectivity index (χ2v) is 4.38. The second kappa shape index (κ2) is 6.56. The van der Waals surface area contributed by atoms with Crippen LogP contribution in [0, 0.1) is 0 Å². The summed E-state index contributed by atoms with van der Waals surface area (Å²) in [5.74, 6) is -0.313. The lowest BCUT2D eigenvalue weighted by Gasteiger charge is -2.05. The highest BCUT2D eigenvalue weighted by molar-refractivity contribution is 6.67. The standard InChI is InChI=1S/C14H9ClN4O2/c15-13(20)9-1-5-11(6-2-9)17-14(21)10-3-7-12(8-4-10)18-19-16/h1-8H,(H,17,21). The Labute approximate surface area is 125 Å². The molecular formula is C14H9ClN4O2. The van der Waals surface area contributed by atoms with E-state index >= 15 is 0 Å². The first-order valence-electron chi connectivity index (χ1n) is 5.86. The summed E-state index contributed by atoms with van der Waals surface area (Å²) in [5, 5.41) is 5.55. The number of halogens is 1. The minimum atomic E-state index is -0.554. The van der Waals surface area contributed by atoms with E-state index in [2.05, 4.69) is 15.3 Å². The Bertz CT molecular complexity index is 720. The monoisotopic (exact) mass is 300 g/mol. The molecule has 2 aromatic rings. The first-order chi connectivity index (χ1) is 10.1. The number of nitrogens with zero attached hydrogens (tertiary/aromatic N) is 3. The number of azide groups is 1. The molecule has 0 atom stereocenters. The van der Waals surface area contributed by atoms with Gasteiger partial charge in [-0.1, -0.05) is 17.2 Å². The maximum absolute atomic E-state index is 12.0. The summed E-state index contributed by atoms with van der Waals surface area (Å²) in [5.41, 5.74) is 10.0. The normalized spacial score (nSPS) is 9.57. The fourth-order valence-corrected chi connectivity index (χ4v) is 1.74. The summed E-state index contributed by atoms with van der Waals surface area (Å²) >= 11 is 5.34. The van der Waals surface area contributed by atoms with Gasteiger partial charge in [-0.05, 0) is 53.5 Å². The van der Waals surface area contributed by atoms with Crippen molar-refractivity contribution in [1.29, 1.82) is 0 Å². The minimum absolute atomic E-state index is 0.313.